The number of hydrogen-bond acceptors (Lipinski definition) is 9. The maximum absolute atomic E-state index is 14.0. The van der Waals surface area contributed by atoms with Crippen molar-refractivity contribution in [2.24, 2.45) is 0 Å². The lowest BCUT2D eigenvalue weighted by Gasteiger charge is -2.36. The van der Waals surface area contributed by atoms with Gasteiger partial charge in [0.15, 0.2) is 17.3 Å². The largest absolute Gasteiger partial charge is 0.504 e. The van der Waals surface area contributed by atoms with E-state index in [4.69, 9.17) is 0 Å². The molecule has 1 aliphatic carbocycles. The number of rotatable bonds is 7. The molecule has 0 unspecified atom stereocenters. The van der Waals surface area contributed by atoms with E-state index in [2.05, 4.69) is 25.4 Å². The first-order valence-electron chi connectivity index (χ1n) is 14.9. The highest BCUT2D eigenvalue weighted by atomic mass is 19.4. The maximum Gasteiger partial charge on any atom is 0.416 e. The third kappa shape index (κ3) is 5.74. The van der Waals surface area contributed by atoms with Gasteiger partial charge >= 0.3 is 6.18 Å². The van der Waals surface area contributed by atoms with E-state index < -0.39 is 29.1 Å². The number of hydrogen-bond donors (Lipinski definition) is 2. The summed E-state index contributed by atoms with van der Waals surface area (Å²) in [7, 11) is 0. The van der Waals surface area contributed by atoms with E-state index in [1.54, 1.807) is 16.4 Å². The Morgan fingerprint density at radius 1 is 1.09 bits per heavy atom. The molecule has 13 nitrogen and oxygen atoms in total. The predicted molar refractivity (Wildman–Crippen MR) is 160 cm³/mol. The van der Waals surface area contributed by atoms with Gasteiger partial charge in [-0.25, -0.2) is 9.97 Å². The van der Waals surface area contributed by atoms with Gasteiger partial charge in [-0.1, -0.05) is 6.92 Å². The second-order valence-electron chi connectivity index (χ2n) is 11.5. The smallest absolute Gasteiger partial charge is 0.416 e. The van der Waals surface area contributed by atoms with Gasteiger partial charge in [0.1, 0.15) is 18.6 Å². The van der Waals surface area contributed by atoms with Crippen LogP contribution in [0.5, 0.6) is 5.75 Å². The molecular weight excluding hydrogens is 607 g/mol. The molecule has 2 amide bonds. The predicted octanol–water partition coefficient (Wildman–Crippen LogP) is 3.06. The lowest BCUT2D eigenvalue weighted by Crippen LogP contribution is -2.51. The molecule has 46 heavy (non-hydrogen) atoms. The Morgan fingerprint density at radius 2 is 1.80 bits per heavy atom. The topological polar surface area (TPSA) is 151 Å². The quantitative estimate of drug-likeness (QED) is 0.311. The van der Waals surface area contributed by atoms with Crippen LogP contribution in [-0.4, -0.2) is 77.1 Å². The average molecular weight is 640 g/mol. The number of piperazine rings is 1. The Hall–Kier alpha value is -5.02. The zero-order valence-corrected chi connectivity index (χ0v) is 25.4. The van der Waals surface area contributed by atoms with Gasteiger partial charge in [0.25, 0.3) is 11.5 Å². The lowest BCUT2D eigenvalue weighted by molar-refractivity contribution is -0.137. The van der Waals surface area contributed by atoms with Gasteiger partial charge in [-0.15, -0.1) is 5.10 Å². The molecule has 2 fully saturated rings. The second kappa shape index (κ2) is 11.7. The van der Waals surface area contributed by atoms with Crippen LogP contribution < -0.4 is 15.8 Å². The first-order chi connectivity index (χ1) is 21.9. The van der Waals surface area contributed by atoms with Gasteiger partial charge in [0, 0.05) is 37.8 Å². The highest BCUT2D eigenvalue weighted by Gasteiger charge is 2.33. The van der Waals surface area contributed by atoms with Crippen molar-refractivity contribution in [1.82, 2.24) is 34.0 Å². The molecular formula is C30H32F3N9O4. The van der Waals surface area contributed by atoms with E-state index in [-0.39, 0.29) is 72.8 Å². The Labute approximate surface area is 260 Å². The van der Waals surface area contributed by atoms with E-state index in [1.165, 1.54) is 23.8 Å². The number of aromatic hydroxyl groups is 1. The summed E-state index contributed by atoms with van der Waals surface area (Å²) in [6, 6.07) is 3.10. The zero-order valence-electron chi connectivity index (χ0n) is 25.4. The van der Waals surface area contributed by atoms with E-state index in [0.717, 1.165) is 25.0 Å². The summed E-state index contributed by atoms with van der Waals surface area (Å²) in [4.78, 5) is 56.3. The first kappa shape index (κ1) is 31.0. The molecule has 0 radical (unpaired) electrons. The van der Waals surface area contributed by atoms with Gasteiger partial charge in [0.2, 0.25) is 11.7 Å². The molecule has 2 aliphatic rings. The maximum atomic E-state index is 14.0. The Balaban J connectivity index is 1.31. The number of carbonyl (C=O) groups excluding carboxylic acids is 2. The molecule has 0 atom stereocenters. The third-order valence-corrected chi connectivity index (χ3v) is 8.34. The van der Waals surface area contributed by atoms with Crippen molar-refractivity contribution in [2.75, 3.05) is 36.4 Å². The van der Waals surface area contributed by atoms with Crippen LogP contribution in [0.25, 0.3) is 5.78 Å². The fourth-order valence-corrected chi connectivity index (χ4v) is 5.68. The average Bonchev–Trinajstić information content (AvgIpc) is 3.77. The number of fused-ring (bicyclic) bond motifs is 1. The second-order valence-corrected chi connectivity index (χ2v) is 11.5. The molecule has 2 N–H and O–H groups in total. The van der Waals surface area contributed by atoms with Gasteiger partial charge in [0.05, 0.1) is 17.0 Å². The zero-order chi connectivity index (χ0) is 32.9. The van der Waals surface area contributed by atoms with Crippen molar-refractivity contribution < 1.29 is 27.9 Å². The van der Waals surface area contributed by atoms with Crippen LogP contribution in [0.2, 0.25) is 0 Å². The molecule has 4 aromatic rings. The number of nitrogens with one attached hydrogen (secondary N) is 1. The van der Waals surface area contributed by atoms with Crippen LogP contribution in [-0.2, 0) is 23.9 Å². The normalized spacial score (nSPS) is 15.4. The molecule has 4 heterocycles. The fourth-order valence-electron chi connectivity index (χ4n) is 5.68. The number of aromatic nitrogens is 6. The minimum absolute atomic E-state index is 0.0940. The highest BCUT2D eigenvalue weighted by molar-refractivity contribution is 5.95. The molecule has 1 aromatic carbocycles. The highest BCUT2D eigenvalue weighted by Crippen LogP contribution is 2.38. The summed E-state index contributed by atoms with van der Waals surface area (Å²) >= 11 is 0. The molecule has 3 aromatic heterocycles. The van der Waals surface area contributed by atoms with Crippen molar-refractivity contribution in [3.8, 4) is 5.75 Å². The van der Waals surface area contributed by atoms with Crippen molar-refractivity contribution in [3.63, 3.8) is 0 Å². The van der Waals surface area contributed by atoms with Gasteiger partial charge in [-0.2, -0.15) is 22.7 Å². The molecule has 0 bridgehead atoms. The minimum Gasteiger partial charge on any atom is -0.504 e. The Morgan fingerprint density at radius 3 is 2.43 bits per heavy atom. The summed E-state index contributed by atoms with van der Waals surface area (Å²) in [5.74, 6) is -0.401. The molecule has 16 heteroatoms. The number of anilines is 2. The Kier molecular flexibility index (Phi) is 7.90. The third-order valence-electron chi connectivity index (χ3n) is 8.34. The van der Waals surface area contributed by atoms with Gasteiger partial charge in [-0.05, 0) is 56.9 Å². The molecule has 1 saturated carbocycles. The lowest BCUT2D eigenvalue weighted by atomic mass is 10.1. The Bertz CT molecular complexity index is 1910. The molecule has 6 rings (SSSR count). The number of nitrogens with zero attached hydrogens (tertiary/aromatic N) is 8. The van der Waals surface area contributed by atoms with E-state index >= 15 is 0 Å². The summed E-state index contributed by atoms with van der Waals surface area (Å²) in [6.45, 7) is 5.67. The fraction of sp³-hybridized carbons (Fsp3) is 0.433. The number of aryl methyl sites for hydroxylation is 2. The van der Waals surface area contributed by atoms with E-state index in [0.29, 0.717) is 23.6 Å². The molecule has 0 spiro atoms. The van der Waals surface area contributed by atoms with Gasteiger partial charge in [-0.3, -0.25) is 14.4 Å². The number of amides is 2. The van der Waals surface area contributed by atoms with Crippen LogP contribution in [0.1, 0.15) is 64.5 Å². The minimum atomic E-state index is -4.51. The number of alkyl halides is 3. The summed E-state index contributed by atoms with van der Waals surface area (Å²) < 4.78 is 42.3. The van der Waals surface area contributed by atoms with E-state index in [9.17, 15) is 32.7 Å². The SMILES string of the molecule is CCc1c(N2CCN(C(=O)c3ncnc(C)c3O)CC2)c(=O)n2nc(C3CC3)nc2n1CC(=O)Nc1ccc(C(F)(F)F)cc1C. The van der Waals surface area contributed by atoms with Crippen LogP contribution in [0.3, 0.4) is 0 Å². The number of halogens is 3. The van der Waals surface area contributed by atoms with Crippen LogP contribution in [0, 0.1) is 13.8 Å². The molecule has 242 valence electrons. The van der Waals surface area contributed by atoms with Crippen LogP contribution >= 0.6 is 0 Å². The van der Waals surface area contributed by atoms with Gasteiger partial charge < -0.3 is 24.8 Å². The monoisotopic (exact) mass is 639 g/mol. The summed E-state index contributed by atoms with van der Waals surface area (Å²) in [5.41, 5.74) is 0.331. The molecule has 1 aliphatic heterocycles. The van der Waals surface area contributed by atoms with Crippen LogP contribution in [0.4, 0.5) is 24.5 Å². The van der Waals surface area contributed by atoms with E-state index in [1.807, 2.05) is 11.8 Å². The summed E-state index contributed by atoms with van der Waals surface area (Å²) in [6.07, 6.45) is -1.16. The van der Waals surface area contributed by atoms with Crippen molar-refractivity contribution >= 4 is 29.0 Å². The first-order valence-corrected chi connectivity index (χ1v) is 14.9. The molecule has 1 saturated heterocycles. The summed E-state index contributed by atoms with van der Waals surface area (Å²) in [5, 5.41) is 17.5. The number of benzene rings is 1. The van der Waals surface area contributed by atoms with Crippen LogP contribution in [0.15, 0.2) is 29.3 Å². The van der Waals surface area contributed by atoms with Crippen molar-refractivity contribution in [2.45, 2.75) is 58.7 Å². The number of carbonyl (C=O) groups is 2. The standard InChI is InChI=1S/C30H32F3N9O4/c1-4-21-24(39-9-11-40(12-10-39)27(45)23-25(44)17(3)34-15-35-23)28(46)42-29(37-26(38-42)18-5-6-18)41(21)14-22(43)36-20-8-7-19(13-16(20)2)30(31,32)33/h7-8,13,15,18,44H,4-6,9-12,14H2,1-3H3,(H,36,43). The van der Waals surface area contributed by atoms with Crippen molar-refractivity contribution in [3.05, 3.63) is 68.9 Å². The van der Waals surface area contributed by atoms with Crippen molar-refractivity contribution in [1.29, 1.82) is 0 Å².